The lowest BCUT2D eigenvalue weighted by molar-refractivity contribution is 0.182. The molecule has 1 aromatic carbocycles. The van der Waals surface area contributed by atoms with Crippen molar-refractivity contribution in [1.29, 1.82) is 0 Å². The zero-order valence-electron chi connectivity index (χ0n) is 8.66. The molecule has 0 saturated carbocycles. The van der Waals surface area contributed by atoms with E-state index >= 15 is 0 Å². The first-order valence-corrected chi connectivity index (χ1v) is 6.51. The fraction of sp³-hybridized carbons (Fsp3) is 0.167. The van der Waals surface area contributed by atoms with E-state index in [-0.39, 0.29) is 5.02 Å². The van der Waals surface area contributed by atoms with Crippen LogP contribution in [0.1, 0.15) is 16.5 Å². The average molecular weight is 291 g/mol. The third-order valence-corrected chi connectivity index (χ3v) is 3.97. The Morgan fingerprint density at radius 1 is 1.24 bits per heavy atom. The summed E-state index contributed by atoms with van der Waals surface area (Å²) in [5.41, 5.74) is 0.698. The minimum absolute atomic E-state index is 0.0856. The Balaban J connectivity index is 2.12. The van der Waals surface area contributed by atoms with Crippen molar-refractivity contribution < 1.29 is 9.50 Å². The zero-order valence-corrected chi connectivity index (χ0v) is 11.0. The monoisotopic (exact) mass is 290 g/mol. The second-order valence-corrected chi connectivity index (χ2v) is 5.76. The van der Waals surface area contributed by atoms with Gasteiger partial charge in [-0.3, -0.25) is 0 Å². The van der Waals surface area contributed by atoms with Gasteiger partial charge in [-0.05, 0) is 29.8 Å². The number of rotatable bonds is 3. The minimum Gasteiger partial charge on any atom is -0.387 e. The Labute approximate surface area is 112 Å². The Hall–Kier alpha value is -0.610. The molecule has 1 nitrogen and oxygen atoms in total. The highest BCUT2D eigenvalue weighted by molar-refractivity contribution is 7.16. The molecule has 0 saturated heterocycles. The molecule has 0 aliphatic heterocycles. The summed E-state index contributed by atoms with van der Waals surface area (Å²) in [4.78, 5) is 0.769. The molecule has 1 aromatic heterocycles. The first-order chi connectivity index (χ1) is 8.06. The fourth-order valence-corrected chi connectivity index (χ4v) is 2.66. The lowest BCUT2D eigenvalue weighted by Crippen LogP contribution is -1.99. The predicted molar refractivity (Wildman–Crippen MR) is 69.4 cm³/mol. The van der Waals surface area contributed by atoms with Crippen molar-refractivity contribution in [2.45, 2.75) is 12.5 Å². The molecule has 1 heterocycles. The van der Waals surface area contributed by atoms with Gasteiger partial charge in [0.15, 0.2) is 0 Å². The maximum Gasteiger partial charge on any atom is 0.142 e. The van der Waals surface area contributed by atoms with Crippen molar-refractivity contribution in [1.82, 2.24) is 0 Å². The third kappa shape index (κ3) is 3.19. The summed E-state index contributed by atoms with van der Waals surface area (Å²) in [6.07, 6.45) is -0.335. The van der Waals surface area contributed by atoms with E-state index in [4.69, 9.17) is 23.2 Å². The number of aliphatic hydroxyl groups is 1. The summed E-state index contributed by atoms with van der Waals surface area (Å²) < 4.78 is 13.8. The van der Waals surface area contributed by atoms with E-state index in [0.29, 0.717) is 16.3 Å². The molecule has 90 valence electrons. The van der Waals surface area contributed by atoms with Crippen LogP contribution in [0.5, 0.6) is 0 Å². The van der Waals surface area contributed by atoms with Crippen LogP contribution >= 0.6 is 34.5 Å². The minimum atomic E-state index is -0.673. The van der Waals surface area contributed by atoms with Gasteiger partial charge in [0.05, 0.1) is 15.5 Å². The van der Waals surface area contributed by atoms with Gasteiger partial charge in [-0.25, -0.2) is 4.39 Å². The quantitative estimate of drug-likeness (QED) is 0.884. The van der Waals surface area contributed by atoms with E-state index in [2.05, 4.69) is 0 Å². The molecule has 2 aromatic rings. The van der Waals surface area contributed by atoms with Gasteiger partial charge < -0.3 is 5.11 Å². The second kappa shape index (κ2) is 5.36. The van der Waals surface area contributed by atoms with Crippen LogP contribution in [0, 0.1) is 5.82 Å². The maximum absolute atomic E-state index is 13.2. The van der Waals surface area contributed by atoms with Crippen molar-refractivity contribution in [3.05, 3.63) is 55.9 Å². The van der Waals surface area contributed by atoms with Gasteiger partial charge in [0.25, 0.3) is 0 Å². The van der Waals surface area contributed by atoms with Crippen molar-refractivity contribution in [3.63, 3.8) is 0 Å². The third-order valence-electron chi connectivity index (χ3n) is 2.34. The topological polar surface area (TPSA) is 20.2 Å². The van der Waals surface area contributed by atoms with Crippen LogP contribution in [0.3, 0.4) is 0 Å². The second-order valence-electron chi connectivity index (χ2n) is 3.61. The van der Waals surface area contributed by atoms with Gasteiger partial charge in [-0.1, -0.05) is 29.3 Å². The summed E-state index contributed by atoms with van der Waals surface area (Å²) in [7, 11) is 0. The zero-order chi connectivity index (χ0) is 12.4. The fourth-order valence-electron chi connectivity index (χ4n) is 1.50. The van der Waals surface area contributed by atoms with E-state index in [1.807, 2.05) is 0 Å². The smallest absolute Gasteiger partial charge is 0.142 e. The van der Waals surface area contributed by atoms with Gasteiger partial charge in [0.2, 0.25) is 0 Å². The summed E-state index contributed by atoms with van der Waals surface area (Å²) >= 11 is 12.7. The van der Waals surface area contributed by atoms with Gasteiger partial charge in [-0.2, -0.15) is 0 Å². The molecular weight excluding hydrogens is 282 g/mol. The molecule has 0 amide bonds. The maximum atomic E-state index is 13.2. The van der Waals surface area contributed by atoms with Crippen LogP contribution in [0.15, 0.2) is 30.3 Å². The molecule has 0 aliphatic carbocycles. The normalized spacial score (nSPS) is 12.7. The van der Waals surface area contributed by atoms with Gasteiger partial charge in [0.1, 0.15) is 5.82 Å². The standard InChI is InChI=1S/C12H9Cl2FOS/c13-8-2-1-7(5-9(8)15)6-10(16)11-3-4-12(14)17-11/h1-5,10,16H,6H2. The SMILES string of the molecule is OC(Cc1ccc(Cl)c(F)c1)c1ccc(Cl)s1. The molecule has 17 heavy (non-hydrogen) atoms. The summed E-state index contributed by atoms with van der Waals surface area (Å²) in [5, 5.41) is 10.0. The summed E-state index contributed by atoms with van der Waals surface area (Å²) in [6.45, 7) is 0. The Morgan fingerprint density at radius 3 is 2.59 bits per heavy atom. The molecule has 1 N–H and O–H groups in total. The highest BCUT2D eigenvalue weighted by Crippen LogP contribution is 2.29. The van der Waals surface area contributed by atoms with Crippen LogP contribution in [0.2, 0.25) is 9.36 Å². The number of hydrogen-bond donors (Lipinski definition) is 1. The van der Waals surface area contributed by atoms with Crippen molar-refractivity contribution in [2.24, 2.45) is 0 Å². The summed E-state index contributed by atoms with van der Waals surface area (Å²) in [5.74, 6) is -0.472. The molecule has 0 bridgehead atoms. The van der Waals surface area contributed by atoms with Crippen LogP contribution in [-0.2, 0) is 6.42 Å². The summed E-state index contributed by atoms with van der Waals surface area (Å²) in [6, 6.07) is 8.02. The molecule has 0 radical (unpaired) electrons. The molecule has 0 fully saturated rings. The molecular formula is C12H9Cl2FOS. The highest BCUT2D eigenvalue weighted by Gasteiger charge is 2.12. The van der Waals surface area contributed by atoms with Crippen molar-refractivity contribution in [3.8, 4) is 0 Å². The molecule has 1 unspecified atom stereocenters. The van der Waals surface area contributed by atoms with E-state index in [0.717, 1.165) is 4.88 Å². The van der Waals surface area contributed by atoms with E-state index in [9.17, 15) is 9.50 Å². The Bertz CT molecular complexity index is 527. The van der Waals surface area contributed by atoms with E-state index in [1.54, 1.807) is 18.2 Å². The van der Waals surface area contributed by atoms with Gasteiger partial charge in [-0.15, -0.1) is 11.3 Å². The molecule has 0 aliphatic rings. The van der Waals surface area contributed by atoms with Gasteiger partial charge >= 0.3 is 0 Å². The lowest BCUT2D eigenvalue weighted by Gasteiger charge is -2.08. The number of aliphatic hydroxyl groups excluding tert-OH is 1. The lowest BCUT2D eigenvalue weighted by atomic mass is 10.1. The number of thiophene rings is 1. The molecule has 1 atom stereocenters. The predicted octanol–water partition coefficient (Wildman–Crippen LogP) is 4.47. The Morgan fingerprint density at radius 2 is 2.00 bits per heavy atom. The number of halogens is 3. The van der Waals surface area contributed by atoms with Crippen molar-refractivity contribution in [2.75, 3.05) is 0 Å². The van der Waals surface area contributed by atoms with E-state index < -0.39 is 11.9 Å². The largest absolute Gasteiger partial charge is 0.387 e. The number of benzene rings is 1. The first-order valence-electron chi connectivity index (χ1n) is 4.93. The molecule has 2 rings (SSSR count). The van der Waals surface area contributed by atoms with E-state index in [1.165, 1.54) is 23.5 Å². The number of hydrogen-bond acceptors (Lipinski definition) is 2. The van der Waals surface area contributed by atoms with Crippen LogP contribution in [-0.4, -0.2) is 5.11 Å². The first kappa shape index (κ1) is 12.8. The van der Waals surface area contributed by atoms with Crippen LogP contribution in [0.25, 0.3) is 0 Å². The van der Waals surface area contributed by atoms with Crippen molar-refractivity contribution >= 4 is 34.5 Å². The van der Waals surface area contributed by atoms with Crippen LogP contribution in [0.4, 0.5) is 4.39 Å². The molecule has 0 spiro atoms. The van der Waals surface area contributed by atoms with Crippen LogP contribution < -0.4 is 0 Å². The Kier molecular flexibility index (Phi) is 4.05. The van der Waals surface area contributed by atoms with Gasteiger partial charge in [0, 0.05) is 11.3 Å². The molecule has 5 heteroatoms. The average Bonchev–Trinajstić information content (AvgIpc) is 2.70. The highest BCUT2D eigenvalue weighted by atomic mass is 35.5.